The van der Waals surface area contributed by atoms with Gasteiger partial charge in [0, 0.05) is 24.5 Å². The molecule has 1 aromatic heterocycles. The first-order valence-corrected chi connectivity index (χ1v) is 6.77. The van der Waals surface area contributed by atoms with Gasteiger partial charge in [0.05, 0.1) is 11.3 Å². The van der Waals surface area contributed by atoms with Gasteiger partial charge in [0.15, 0.2) is 0 Å². The van der Waals surface area contributed by atoms with Gasteiger partial charge in [0.1, 0.15) is 0 Å². The summed E-state index contributed by atoms with van der Waals surface area (Å²) in [6, 6.07) is 9.09. The highest BCUT2D eigenvalue weighted by atomic mass is 16.3. The Morgan fingerprint density at radius 1 is 1.40 bits per heavy atom. The first-order valence-electron chi connectivity index (χ1n) is 6.77. The van der Waals surface area contributed by atoms with E-state index in [9.17, 15) is 9.90 Å². The number of amides is 1. The number of hydrogen-bond acceptors (Lipinski definition) is 3. The highest BCUT2D eigenvalue weighted by Gasteiger charge is 2.34. The standard InChI is InChI=1S/C15H17N3O2/c19-14(16-11-15(20)6-2-7-15)12-4-1-5-13(10-12)18-9-3-8-17-18/h1,3-5,8-10,20H,2,6-7,11H2,(H,16,19). The Morgan fingerprint density at radius 3 is 2.90 bits per heavy atom. The number of hydrogen-bond donors (Lipinski definition) is 2. The number of aromatic nitrogens is 2. The lowest BCUT2D eigenvalue weighted by atomic mass is 9.80. The van der Waals surface area contributed by atoms with Gasteiger partial charge < -0.3 is 10.4 Å². The minimum absolute atomic E-state index is 0.167. The fourth-order valence-corrected chi connectivity index (χ4v) is 2.32. The number of carbonyl (C=O) groups excluding carboxylic acids is 1. The van der Waals surface area contributed by atoms with Crippen molar-refractivity contribution in [2.45, 2.75) is 24.9 Å². The molecular formula is C15H17N3O2. The van der Waals surface area contributed by atoms with Crippen molar-refractivity contribution in [2.24, 2.45) is 0 Å². The zero-order valence-corrected chi connectivity index (χ0v) is 11.1. The molecule has 3 rings (SSSR count). The number of nitrogens with zero attached hydrogens (tertiary/aromatic N) is 2. The fourth-order valence-electron chi connectivity index (χ4n) is 2.32. The van der Waals surface area contributed by atoms with E-state index in [0.717, 1.165) is 24.9 Å². The van der Waals surface area contributed by atoms with Crippen molar-refractivity contribution >= 4 is 5.91 Å². The van der Waals surface area contributed by atoms with Gasteiger partial charge in [-0.25, -0.2) is 4.68 Å². The Hall–Kier alpha value is -2.14. The van der Waals surface area contributed by atoms with Crippen molar-refractivity contribution in [2.75, 3.05) is 6.54 Å². The van der Waals surface area contributed by atoms with E-state index in [1.807, 2.05) is 24.4 Å². The number of benzene rings is 1. The third kappa shape index (κ3) is 2.58. The lowest BCUT2D eigenvalue weighted by Gasteiger charge is -2.36. The smallest absolute Gasteiger partial charge is 0.251 e. The van der Waals surface area contributed by atoms with Crippen LogP contribution in [-0.4, -0.2) is 32.9 Å². The summed E-state index contributed by atoms with van der Waals surface area (Å²) in [6.07, 6.45) is 6.08. The Labute approximate surface area is 117 Å². The van der Waals surface area contributed by atoms with E-state index in [-0.39, 0.29) is 5.91 Å². The molecule has 0 unspecified atom stereocenters. The number of aliphatic hydroxyl groups is 1. The first-order chi connectivity index (χ1) is 9.66. The molecule has 104 valence electrons. The largest absolute Gasteiger partial charge is 0.388 e. The van der Waals surface area contributed by atoms with E-state index in [4.69, 9.17) is 0 Å². The first kappa shape index (κ1) is 12.9. The van der Waals surface area contributed by atoms with Crippen LogP contribution in [0.5, 0.6) is 0 Å². The van der Waals surface area contributed by atoms with Gasteiger partial charge in [0.25, 0.3) is 5.91 Å². The van der Waals surface area contributed by atoms with Crippen LogP contribution in [0.15, 0.2) is 42.7 Å². The van der Waals surface area contributed by atoms with Crippen molar-refractivity contribution in [3.8, 4) is 5.69 Å². The van der Waals surface area contributed by atoms with Crippen LogP contribution in [0, 0.1) is 0 Å². The van der Waals surface area contributed by atoms with E-state index in [0.29, 0.717) is 12.1 Å². The fraction of sp³-hybridized carbons (Fsp3) is 0.333. The highest BCUT2D eigenvalue weighted by molar-refractivity contribution is 5.94. The summed E-state index contributed by atoms with van der Waals surface area (Å²) >= 11 is 0. The number of rotatable bonds is 4. The van der Waals surface area contributed by atoms with Gasteiger partial charge in [-0.3, -0.25) is 4.79 Å². The SMILES string of the molecule is O=C(NCC1(O)CCC1)c1cccc(-n2cccn2)c1. The molecule has 1 amide bonds. The van der Waals surface area contributed by atoms with E-state index in [1.165, 1.54) is 0 Å². The second kappa shape index (κ2) is 5.09. The molecule has 2 N–H and O–H groups in total. The molecule has 1 saturated carbocycles. The maximum absolute atomic E-state index is 12.1. The van der Waals surface area contributed by atoms with Gasteiger partial charge in [-0.2, -0.15) is 5.10 Å². The molecule has 5 nitrogen and oxygen atoms in total. The average molecular weight is 271 g/mol. The molecular weight excluding hydrogens is 254 g/mol. The molecule has 1 aliphatic rings. The molecule has 2 aromatic rings. The lowest BCUT2D eigenvalue weighted by Crippen LogP contribution is -2.47. The van der Waals surface area contributed by atoms with Crippen LogP contribution in [0.2, 0.25) is 0 Å². The summed E-state index contributed by atoms with van der Waals surface area (Å²) in [5.74, 6) is -0.167. The number of nitrogens with one attached hydrogen (secondary N) is 1. The molecule has 1 fully saturated rings. The Balaban J connectivity index is 1.70. The van der Waals surface area contributed by atoms with Gasteiger partial charge in [-0.05, 0) is 43.5 Å². The predicted octanol–water partition coefficient (Wildman–Crippen LogP) is 1.52. The quantitative estimate of drug-likeness (QED) is 0.886. The molecule has 0 spiro atoms. The second-order valence-corrected chi connectivity index (χ2v) is 5.26. The van der Waals surface area contributed by atoms with Crippen LogP contribution in [0.3, 0.4) is 0 Å². The van der Waals surface area contributed by atoms with Gasteiger partial charge >= 0.3 is 0 Å². The van der Waals surface area contributed by atoms with Gasteiger partial charge in [-0.15, -0.1) is 0 Å². The second-order valence-electron chi connectivity index (χ2n) is 5.26. The van der Waals surface area contributed by atoms with Crippen LogP contribution in [0.4, 0.5) is 0 Å². The van der Waals surface area contributed by atoms with E-state index in [1.54, 1.807) is 23.0 Å². The van der Waals surface area contributed by atoms with Crippen LogP contribution >= 0.6 is 0 Å². The zero-order chi connectivity index (χ0) is 14.0. The predicted molar refractivity (Wildman–Crippen MR) is 74.7 cm³/mol. The molecule has 20 heavy (non-hydrogen) atoms. The zero-order valence-electron chi connectivity index (χ0n) is 11.1. The van der Waals surface area contributed by atoms with Crippen LogP contribution < -0.4 is 5.32 Å². The summed E-state index contributed by atoms with van der Waals surface area (Å²) < 4.78 is 1.70. The van der Waals surface area contributed by atoms with Crippen molar-refractivity contribution in [1.29, 1.82) is 0 Å². The van der Waals surface area contributed by atoms with E-state index >= 15 is 0 Å². The molecule has 0 atom stereocenters. The normalized spacial score (nSPS) is 16.4. The van der Waals surface area contributed by atoms with Crippen molar-refractivity contribution in [3.05, 3.63) is 48.3 Å². The molecule has 0 radical (unpaired) electrons. The minimum atomic E-state index is -0.699. The summed E-state index contributed by atoms with van der Waals surface area (Å²) in [5, 5.41) is 16.9. The molecule has 1 aromatic carbocycles. The van der Waals surface area contributed by atoms with Crippen LogP contribution in [0.25, 0.3) is 5.69 Å². The average Bonchev–Trinajstić information content (AvgIpc) is 2.97. The molecule has 5 heteroatoms. The van der Waals surface area contributed by atoms with Crippen LogP contribution in [0.1, 0.15) is 29.6 Å². The summed E-state index contributed by atoms with van der Waals surface area (Å²) in [7, 11) is 0. The summed E-state index contributed by atoms with van der Waals surface area (Å²) in [6.45, 7) is 0.317. The molecule has 1 heterocycles. The van der Waals surface area contributed by atoms with E-state index in [2.05, 4.69) is 10.4 Å². The minimum Gasteiger partial charge on any atom is -0.388 e. The Kier molecular flexibility index (Phi) is 3.28. The molecule has 0 bridgehead atoms. The molecule has 0 aliphatic heterocycles. The molecule has 1 aliphatic carbocycles. The lowest BCUT2D eigenvalue weighted by molar-refractivity contribution is -0.0300. The van der Waals surface area contributed by atoms with Crippen LogP contribution in [-0.2, 0) is 0 Å². The summed E-state index contributed by atoms with van der Waals surface area (Å²) in [5.41, 5.74) is 0.709. The van der Waals surface area contributed by atoms with Crippen molar-refractivity contribution < 1.29 is 9.90 Å². The third-order valence-electron chi connectivity index (χ3n) is 3.74. The summed E-state index contributed by atoms with van der Waals surface area (Å²) in [4.78, 5) is 12.1. The van der Waals surface area contributed by atoms with Gasteiger partial charge in [0.2, 0.25) is 0 Å². The van der Waals surface area contributed by atoms with Gasteiger partial charge in [-0.1, -0.05) is 6.07 Å². The Morgan fingerprint density at radius 2 is 2.25 bits per heavy atom. The maximum Gasteiger partial charge on any atom is 0.251 e. The van der Waals surface area contributed by atoms with Crippen molar-refractivity contribution in [3.63, 3.8) is 0 Å². The third-order valence-corrected chi connectivity index (χ3v) is 3.74. The van der Waals surface area contributed by atoms with Crippen molar-refractivity contribution in [1.82, 2.24) is 15.1 Å². The molecule has 0 saturated heterocycles. The maximum atomic E-state index is 12.1. The number of carbonyl (C=O) groups is 1. The topological polar surface area (TPSA) is 67.2 Å². The monoisotopic (exact) mass is 271 g/mol. The highest BCUT2D eigenvalue weighted by Crippen LogP contribution is 2.30. The Bertz CT molecular complexity index is 603. The van der Waals surface area contributed by atoms with E-state index < -0.39 is 5.60 Å².